The molecular formula is C13H15F3N6O2. The zero-order valence-electron chi connectivity index (χ0n) is 12.8. The van der Waals surface area contributed by atoms with Gasteiger partial charge in [0.15, 0.2) is 0 Å². The molecule has 0 aromatic carbocycles. The molecule has 24 heavy (non-hydrogen) atoms. The van der Waals surface area contributed by atoms with E-state index in [-0.39, 0.29) is 12.4 Å². The second-order valence-corrected chi connectivity index (χ2v) is 5.18. The maximum absolute atomic E-state index is 12.4. The standard InChI is InChI=1S/C13H15F3N6O2/c1-23-10-6-9(17-8-18-10)22-4-2-21(3-5-22)7-11-19-20-12(24-11)13(14,15)16/h6,8H,2-5,7H2,1H3. The minimum Gasteiger partial charge on any atom is -0.481 e. The summed E-state index contributed by atoms with van der Waals surface area (Å²) in [5.74, 6) is -0.129. The van der Waals surface area contributed by atoms with Crippen LogP contribution in [0.5, 0.6) is 5.88 Å². The predicted molar refractivity (Wildman–Crippen MR) is 75.4 cm³/mol. The molecule has 8 nitrogen and oxygen atoms in total. The van der Waals surface area contributed by atoms with Gasteiger partial charge in [0.25, 0.3) is 0 Å². The molecule has 1 fully saturated rings. The van der Waals surface area contributed by atoms with E-state index in [1.54, 1.807) is 6.07 Å². The van der Waals surface area contributed by atoms with Crippen molar-refractivity contribution in [1.29, 1.82) is 0 Å². The summed E-state index contributed by atoms with van der Waals surface area (Å²) in [4.78, 5) is 12.2. The fourth-order valence-corrected chi connectivity index (χ4v) is 2.37. The molecule has 0 spiro atoms. The highest BCUT2D eigenvalue weighted by Crippen LogP contribution is 2.28. The van der Waals surface area contributed by atoms with Gasteiger partial charge in [-0.3, -0.25) is 4.90 Å². The molecule has 3 rings (SSSR count). The van der Waals surface area contributed by atoms with Crippen LogP contribution in [0.25, 0.3) is 0 Å². The fraction of sp³-hybridized carbons (Fsp3) is 0.538. The van der Waals surface area contributed by atoms with Crippen LogP contribution in [-0.4, -0.2) is 58.4 Å². The van der Waals surface area contributed by atoms with Crippen LogP contribution < -0.4 is 9.64 Å². The second kappa shape index (κ2) is 6.59. The fourth-order valence-electron chi connectivity index (χ4n) is 2.37. The highest BCUT2D eigenvalue weighted by Gasteiger charge is 2.38. The predicted octanol–water partition coefficient (Wildman–Crippen LogP) is 1.21. The van der Waals surface area contributed by atoms with Gasteiger partial charge in [-0.1, -0.05) is 0 Å². The normalized spacial score (nSPS) is 16.4. The number of ether oxygens (including phenoxy) is 1. The smallest absolute Gasteiger partial charge is 0.470 e. The quantitative estimate of drug-likeness (QED) is 0.819. The van der Waals surface area contributed by atoms with Gasteiger partial charge in [0.1, 0.15) is 12.1 Å². The summed E-state index contributed by atoms with van der Waals surface area (Å²) in [5, 5.41) is 6.47. The Morgan fingerprint density at radius 1 is 1.17 bits per heavy atom. The Bertz CT molecular complexity index is 684. The van der Waals surface area contributed by atoms with Gasteiger partial charge in [-0.25, -0.2) is 9.97 Å². The molecule has 2 aromatic rings. The van der Waals surface area contributed by atoms with E-state index in [1.165, 1.54) is 13.4 Å². The molecule has 0 radical (unpaired) electrons. The number of methoxy groups -OCH3 is 1. The molecule has 0 unspecified atom stereocenters. The molecule has 1 saturated heterocycles. The van der Waals surface area contributed by atoms with Crippen LogP contribution in [0.1, 0.15) is 11.8 Å². The number of halogens is 3. The minimum atomic E-state index is -4.62. The Morgan fingerprint density at radius 2 is 1.92 bits per heavy atom. The zero-order valence-corrected chi connectivity index (χ0v) is 12.8. The van der Waals surface area contributed by atoms with E-state index in [1.807, 2.05) is 4.90 Å². The second-order valence-electron chi connectivity index (χ2n) is 5.18. The first-order chi connectivity index (χ1) is 11.5. The van der Waals surface area contributed by atoms with Crippen LogP contribution >= 0.6 is 0 Å². The summed E-state index contributed by atoms with van der Waals surface area (Å²) in [6.07, 6.45) is -3.19. The van der Waals surface area contributed by atoms with E-state index in [0.29, 0.717) is 32.1 Å². The van der Waals surface area contributed by atoms with Crippen molar-refractivity contribution in [1.82, 2.24) is 25.1 Å². The van der Waals surface area contributed by atoms with Gasteiger partial charge >= 0.3 is 12.1 Å². The number of piperazine rings is 1. The SMILES string of the molecule is COc1cc(N2CCN(Cc3nnc(C(F)(F)F)o3)CC2)ncn1. The first-order valence-electron chi connectivity index (χ1n) is 7.18. The molecule has 0 bridgehead atoms. The Morgan fingerprint density at radius 3 is 2.54 bits per heavy atom. The maximum atomic E-state index is 12.4. The van der Waals surface area contributed by atoms with E-state index in [9.17, 15) is 13.2 Å². The Labute approximate surface area is 135 Å². The first-order valence-corrected chi connectivity index (χ1v) is 7.18. The lowest BCUT2D eigenvalue weighted by Gasteiger charge is -2.34. The highest BCUT2D eigenvalue weighted by molar-refractivity contribution is 5.41. The minimum absolute atomic E-state index is 0.0421. The highest BCUT2D eigenvalue weighted by atomic mass is 19.4. The Balaban J connectivity index is 1.56. The Kier molecular flexibility index (Phi) is 4.51. The molecule has 0 amide bonds. The van der Waals surface area contributed by atoms with Crippen LogP contribution in [0.4, 0.5) is 19.0 Å². The van der Waals surface area contributed by atoms with Crippen LogP contribution in [0.3, 0.4) is 0 Å². The topological polar surface area (TPSA) is 80.4 Å². The van der Waals surface area contributed by atoms with E-state index in [0.717, 1.165) is 5.82 Å². The first kappa shape index (κ1) is 16.4. The number of hydrogen-bond acceptors (Lipinski definition) is 8. The molecule has 1 aliphatic rings. The van der Waals surface area contributed by atoms with Crippen LogP contribution in [0.2, 0.25) is 0 Å². The average molecular weight is 344 g/mol. The molecule has 130 valence electrons. The molecule has 11 heteroatoms. The van der Waals surface area contributed by atoms with Crippen molar-refractivity contribution in [3.63, 3.8) is 0 Å². The van der Waals surface area contributed by atoms with Gasteiger partial charge in [0.2, 0.25) is 11.8 Å². The van der Waals surface area contributed by atoms with Gasteiger partial charge in [-0.2, -0.15) is 13.2 Å². The van der Waals surface area contributed by atoms with E-state index >= 15 is 0 Å². The lowest BCUT2D eigenvalue weighted by atomic mass is 10.3. The third-order valence-electron chi connectivity index (χ3n) is 3.60. The number of nitrogens with zero attached hydrogens (tertiary/aromatic N) is 6. The number of hydrogen-bond donors (Lipinski definition) is 0. The summed E-state index contributed by atoms with van der Waals surface area (Å²) in [7, 11) is 1.53. The van der Waals surface area contributed by atoms with E-state index in [2.05, 4.69) is 29.5 Å². The van der Waals surface area contributed by atoms with Crippen LogP contribution in [0.15, 0.2) is 16.8 Å². The number of rotatable bonds is 4. The van der Waals surface area contributed by atoms with Gasteiger partial charge in [-0.05, 0) is 0 Å². The van der Waals surface area contributed by atoms with E-state index < -0.39 is 12.1 Å². The van der Waals surface area contributed by atoms with Crippen molar-refractivity contribution in [3.8, 4) is 5.88 Å². The summed E-state index contributed by atoms with van der Waals surface area (Å²) in [6, 6.07) is 1.74. The van der Waals surface area contributed by atoms with Crippen LogP contribution in [0, 0.1) is 0 Å². The van der Waals surface area contributed by atoms with Gasteiger partial charge in [0, 0.05) is 32.2 Å². The van der Waals surface area contributed by atoms with E-state index in [4.69, 9.17) is 4.74 Å². The van der Waals surface area contributed by atoms with Crippen molar-refractivity contribution in [2.24, 2.45) is 0 Å². The van der Waals surface area contributed by atoms with Crippen molar-refractivity contribution in [3.05, 3.63) is 24.2 Å². The van der Waals surface area contributed by atoms with Crippen molar-refractivity contribution < 1.29 is 22.3 Å². The van der Waals surface area contributed by atoms with Gasteiger partial charge in [0.05, 0.1) is 13.7 Å². The number of anilines is 1. The monoisotopic (exact) mass is 344 g/mol. The van der Waals surface area contributed by atoms with Crippen LogP contribution in [-0.2, 0) is 12.7 Å². The zero-order chi connectivity index (χ0) is 17.2. The van der Waals surface area contributed by atoms with Crippen molar-refractivity contribution in [2.75, 3.05) is 38.2 Å². The average Bonchev–Trinajstić information content (AvgIpc) is 3.04. The molecule has 2 aromatic heterocycles. The number of alkyl halides is 3. The largest absolute Gasteiger partial charge is 0.481 e. The molecule has 1 aliphatic heterocycles. The lowest BCUT2D eigenvalue weighted by molar-refractivity contribution is -0.157. The van der Waals surface area contributed by atoms with Gasteiger partial charge in [-0.15, -0.1) is 10.2 Å². The summed E-state index contributed by atoms with van der Waals surface area (Å²) >= 11 is 0. The summed E-state index contributed by atoms with van der Waals surface area (Å²) < 4.78 is 47.0. The molecule has 0 atom stereocenters. The maximum Gasteiger partial charge on any atom is 0.470 e. The molecule has 0 saturated carbocycles. The lowest BCUT2D eigenvalue weighted by Crippen LogP contribution is -2.46. The summed E-state index contributed by atoms with van der Waals surface area (Å²) in [5.41, 5.74) is 0. The summed E-state index contributed by atoms with van der Waals surface area (Å²) in [6.45, 7) is 2.79. The molecule has 0 aliphatic carbocycles. The molecular weight excluding hydrogens is 329 g/mol. The van der Waals surface area contributed by atoms with Gasteiger partial charge < -0.3 is 14.1 Å². The van der Waals surface area contributed by atoms with Crippen molar-refractivity contribution in [2.45, 2.75) is 12.7 Å². The number of aromatic nitrogens is 4. The molecule has 0 N–H and O–H groups in total. The molecule has 3 heterocycles. The third kappa shape index (κ3) is 3.72. The Hall–Kier alpha value is -2.43. The third-order valence-corrected chi connectivity index (χ3v) is 3.60. The van der Waals surface area contributed by atoms with Crippen molar-refractivity contribution >= 4 is 5.82 Å².